The van der Waals surface area contributed by atoms with E-state index in [-0.39, 0.29) is 16.8 Å². The third-order valence-corrected chi connectivity index (χ3v) is 1.42. The molecule has 0 aliphatic heterocycles. The van der Waals surface area contributed by atoms with E-state index in [0.717, 1.165) is 6.07 Å². The highest BCUT2D eigenvalue weighted by Gasteiger charge is 2.15. The van der Waals surface area contributed by atoms with Crippen molar-refractivity contribution < 1.29 is 5.11 Å². The van der Waals surface area contributed by atoms with Crippen molar-refractivity contribution in [2.45, 2.75) is 26.3 Å². The van der Waals surface area contributed by atoms with Crippen LogP contribution in [0.4, 0.5) is 0 Å². The molecule has 1 aromatic rings. The molecule has 0 atom stereocenters. The summed E-state index contributed by atoms with van der Waals surface area (Å²) in [6, 6.07) is 1.15. The molecule has 4 nitrogen and oxygen atoms in total. The molecule has 0 spiro atoms. The van der Waals surface area contributed by atoms with Gasteiger partial charge in [0.25, 0.3) is 5.56 Å². The highest BCUT2D eigenvalue weighted by molar-refractivity contribution is 5.11. The summed E-state index contributed by atoms with van der Waals surface area (Å²) in [5.41, 5.74) is -0.632. The van der Waals surface area contributed by atoms with Gasteiger partial charge in [0, 0.05) is 6.07 Å². The van der Waals surface area contributed by atoms with Crippen molar-refractivity contribution in [3.8, 4) is 5.75 Å². The monoisotopic (exact) mass is 168 g/mol. The van der Waals surface area contributed by atoms with E-state index in [1.54, 1.807) is 0 Å². The third-order valence-electron chi connectivity index (χ3n) is 1.42. The molecule has 0 bridgehead atoms. The Kier molecular flexibility index (Phi) is 1.92. The van der Waals surface area contributed by atoms with Crippen molar-refractivity contribution in [3.63, 3.8) is 0 Å². The minimum atomic E-state index is -0.342. The third kappa shape index (κ3) is 1.64. The van der Waals surface area contributed by atoms with Gasteiger partial charge in [0.2, 0.25) is 0 Å². The Labute approximate surface area is 70.5 Å². The van der Waals surface area contributed by atoms with Crippen molar-refractivity contribution in [2.24, 2.45) is 0 Å². The lowest BCUT2D eigenvalue weighted by Gasteiger charge is -2.19. The van der Waals surface area contributed by atoms with Crippen LogP contribution in [0.25, 0.3) is 0 Å². The molecule has 0 unspecified atom stereocenters. The molecule has 1 N–H and O–H groups in total. The summed E-state index contributed by atoms with van der Waals surface area (Å²) in [5, 5.41) is 12.7. The molecule has 0 aliphatic carbocycles. The molecule has 0 fully saturated rings. The van der Waals surface area contributed by atoms with Gasteiger partial charge in [-0.2, -0.15) is 5.10 Å². The van der Waals surface area contributed by atoms with Gasteiger partial charge in [-0.15, -0.1) is 0 Å². The van der Waals surface area contributed by atoms with E-state index in [1.807, 2.05) is 20.8 Å². The average molecular weight is 168 g/mol. The zero-order chi connectivity index (χ0) is 9.35. The summed E-state index contributed by atoms with van der Waals surface area (Å²) in [4.78, 5) is 11.2. The van der Waals surface area contributed by atoms with Crippen LogP contribution in [0.1, 0.15) is 20.8 Å². The molecule has 0 amide bonds. The molecule has 12 heavy (non-hydrogen) atoms. The van der Waals surface area contributed by atoms with Gasteiger partial charge in [-0.05, 0) is 20.8 Å². The van der Waals surface area contributed by atoms with E-state index >= 15 is 0 Å². The zero-order valence-corrected chi connectivity index (χ0v) is 7.40. The second-order valence-corrected chi connectivity index (χ2v) is 3.63. The number of aromatic hydroxyl groups is 1. The molecule has 4 heteroatoms. The summed E-state index contributed by atoms with van der Waals surface area (Å²) in [5.74, 6) is -0.0968. The largest absolute Gasteiger partial charge is 0.506 e. The molecule has 1 rings (SSSR count). The Balaban J connectivity index is 3.29. The first-order chi connectivity index (χ1) is 5.41. The zero-order valence-electron chi connectivity index (χ0n) is 7.40. The van der Waals surface area contributed by atoms with Crippen molar-refractivity contribution >= 4 is 0 Å². The topological polar surface area (TPSA) is 55.1 Å². The van der Waals surface area contributed by atoms with Gasteiger partial charge >= 0.3 is 0 Å². The number of hydrogen-bond acceptors (Lipinski definition) is 3. The lowest BCUT2D eigenvalue weighted by molar-refractivity contribution is 0.332. The molecule has 66 valence electrons. The first-order valence-electron chi connectivity index (χ1n) is 3.70. The lowest BCUT2D eigenvalue weighted by Crippen LogP contribution is -2.35. The van der Waals surface area contributed by atoms with Gasteiger partial charge in [-0.3, -0.25) is 4.79 Å². The molecule has 1 heterocycles. The van der Waals surface area contributed by atoms with Gasteiger partial charge in [0.1, 0.15) is 5.75 Å². The van der Waals surface area contributed by atoms with E-state index in [0.29, 0.717) is 0 Å². The van der Waals surface area contributed by atoms with Gasteiger partial charge < -0.3 is 5.11 Å². The van der Waals surface area contributed by atoms with Crippen molar-refractivity contribution in [2.75, 3.05) is 0 Å². The molecule has 0 aromatic carbocycles. The van der Waals surface area contributed by atoms with Crippen LogP contribution in [-0.4, -0.2) is 14.9 Å². The highest BCUT2D eigenvalue weighted by atomic mass is 16.3. The van der Waals surface area contributed by atoms with Crippen LogP contribution in [-0.2, 0) is 5.54 Å². The minimum absolute atomic E-state index is 0.0968. The molecule has 0 aliphatic rings. The van der Waals surface area contributed by atoms with Gasteiger partial charge in [-0.1, -0.05) is 0 Å². The maximum Gasteiger partial charge on any atom is 0.270 e. The van der Waals surface area contributed by atoms with Gasteiger partial charge in [-0.25, -0.2) is 4.68 Å². The first-order valence-corrected chi connectivity index (χ1v) is 3.70. The van der Waals surface area contributed by atoms with E-state index in [9.17, 15) is 4.79 Å². The van der Waals surface area contributed by atoms with E-state index in [1.165, 1.54) is 10.9 Å². The van der Waals surface area contributed by atoms with E-state index in [4.69, 9.17) is 5.11 Å². The Morgan fingerprint density at radius 1 is 1.50 bits per heavy atom. The summed E-state index contributed by atoms with van der Waals surface area (Å²) >= 11 is 0. The maximum atomic E-state index is 11.2. The molecular formula is C8H12N2O2. The van der Waals surface area contributed by atoms with Crippen LogP contribution < -0.4 is 5.56 Å². The Morgan fingerprint density at radius 3 is 2.50 bits per heavy atom. The molecule has 0 saturated heterocycles. The number of nitrogens with zero attached hydrogens (tertiary/aromatic N) is 2. The van der Waals surface area contributed by atoms with Crippen LogP contribution in [0.2, 0.25) is 0 Å². The van der Waals surface area contributed by atoms with Gasteiger partial charge in [0.05, 0.1) is 11.7 Å². The molecular weight excluding hydrogens is 156 g/mol. The summed E-state index contributed by atoms with van der Waals surface area (Å²) in [6.07, 6.45) is 1.26. The summed E-state index contributed by atoms with van der Waals surface area (Å²) in [7, 11) is 0. The predicted octanol–water partition coefficient (Wildman–Crippen LogP) is 0.704. The molecule has 1 aromatic heterocycles. The number of hydrogen-bond donors (Lipinski definition) is 1. The number of rotatable bonds is 0. The fourth-order valence-electron chi connectivity index (χ4n) is 0.902. The number of aromatic nitrogens is 2. The fraction of sp³-hybridized carbons (Fsp3) is 0.500. The minimum Gasteiger partial charge on any atom is -0.506 e. The maximum absolute atomic E-state index is 11.2. The highest BCUT2D eigenvalue weighted by Crippen LogP contribution is 2.09. The second-order valence-electron chi connectivity index (χ2n) is 3.63. The Morgan fingerprint density at radius 2 is 2.08 bits per heavy atom. The molecule has 0 saturated carbocycles. The van der Waals surface area contributed by atoms with E-state index in [2.05, 4.69) is 5.10 Å². The van der Waals surface area contributed by atoms with E-state index < -0.39 is 0 Å². The normalized spacial score (nSPS) is 11.6. The summed E-state index contributed by atoms with van der Waals surface area (Å²) < 4.78 is 1.33. The Hall–Kier alpha value is -1.32. The quantitative estimate of drug-likeness (QED) is 0.620. The average Bonchev–Trinajstić information content (AvgIpc) is 1.83. The van der Waals surface area contributed by atoms with Crippen molar-refractivity contribution in [1.82, 2.24) is 9.78 Å². The predicted molar refractivity (Wildman–Crippen MR) is 45.2 cm³/mol. The summed E-state index contributed by atoms with van der Waals surface area (Å²) in [6.45, 7) is 5.62. The van der Waals surface area contributed by atoms with Crippen molar-refractivity contribution in [1.29, 1.82) is 0 Å². The standard InChI is InChI=1S/C8H12N2O2/c1-8(2,3)10-7(12)4-6(11)5-9-10/h4-5,11H,1-3H3. The second kappa shape index (κ2) is 2.62. The molecule has 0 radical (unpaired) electrons. The van der Waals surface area contributed by atoms with Crippen molar-refractivity contribution in [3.05, 3.63) is 22.6 Å². The van der Waals surface area contributed by atoms with Crippen LogP contribution in [0.5, 0.6) is 5.75 Å². The van der Waals surface area contributed by atoms with Gasteiger partial charge in [0.15, 0.2) is 0 Å². The van der Waals surface area contributed by atoms with Crippen LogP contribution in [0.15, 0.2) is 17.1 Å². The smallest absolute Gasteiger partial charge is 0.270 e. The van der Waals surface area contributed by atoms with Crippen LogP contribution >= 0.6 is 0 Å². The first kappa shape index (κ1) is 8.77. The SMILES string of the molecule is CC(C)(C)n1ncc(O)cc1=O. The lowest BCUT2D eigenvalue weighted by atomic mass is 10.1. The van der Waals surface area contributed by atoms with Crippen LogP contribution in [0.3, 0.4) is 0 Å². The van der Waals surface area contributed by atoms with Crippen LogP contribution in [0, 0.1) is 0 Å². The Bertz CT molecular complexity index is 336. The fourth-order valence-corrected chi connectivity index (χ4v) is 0.902.